The molecule has 2 nitrogen and oxygen atoms in total. The summed E-state index contributed by atoms with van der Waals surface area (Å²) in [5.41, 5.74) is 1.25. The minimum atomic E-state index is 0.0470. The Morgan fingerprint density at radius 3 is 2.47 bits per heavy atom. The zero-order chi connectivity index (χ0) is 12.6. The second-order valence-electron chi connectivity index (χ2n) is 5.12. The van der Waals surface area contributed by atoms with Crippen molar-refractivity contribution in [2.45, 2.75) is 26.2 Å². The van der Waals surface area contributed by atoms with Crippen LogP contribution in [-0.4, -0.2) is 12.1 Å². The molecule has 0 unspecified atom stereocenters. The number of rotatable bonds is 1. The first kappa shape index (κ1) is 12.2. The molecule has 0 saturated carbocycles. The quantitative estimate of drug-likeness (QED) is 0.756. The minimum Gasteiger partial charge on any atom is -0.481 e. The monoisotopic (exact) mass is 249 g/mol. The number of hydrogen-bond acceptors (Lipinski definition) is 2. The summed E-state index contributed by atoms with van der Waals surface area (Å²) in [5.74, 6) is 0.621. The van der Waals surface area contributed by atoms with E-state index in [0.29, 0.717) is 10.9 Å². The van der Waals surface area contributed by atoms with Crippen molar-refractivity contribution in [1.82, 2.24) is 4.98 Å². The molecule has 0 saturated heterocycles. The van der Waals surface area contributed by atoms with E-state index >= 15 is 0 Å². The molecule has 17 heavy (non-hydrogen) atoms. The van der Waals surface area contributed by atoms with Crippen LogP contribution < -0.4 is 4.74 Å². The first-order chi connectivity index (χ1) is 7.93. The van der Waals surface area contributed by atoms with Crippen LogP contribution in [0.4, 0.5) is 0 Å². The van der Waals surface area contributed by atoms with Crippen LogP contribution in [0.15, 0.2) is 24.4 Å². The lowest BCUT2D eigenvalue weighted by atomic mass is 9.85. The van der Waals surface area contributed by atoms with Crippen LogP contribution in [0.3, 0.4) is 0 Å². The fourth-order valence-electron chi connectivity index (χ4n) is 1.95. The average molecular weight is 250 g/mol. The van der Waals surface area contributed by atoms with Gasteiger partial charge in [0, 0.05) is 16.6 Å². The van der Waals surface area contributed by atoms with Gasteiger partial charge in [0.15, 0.2) is 0 Å². The summed E-state index contributed by atoms with van der Waals surface area (Å²) in [6.45, 7) is 6.51. The van der Waals surface area contributed by atoms with Crippen molar-refractivity contribution < 1.29 is 4.74 Å². The van der Waals surface area contributed by atoms with E-state index in [2.05, 4.69) is 25.8 Å². The van der Waals surface area contributed by atoms with E-state index in [-0.39, 0.29) is 5.41 Å². The van der Waals surface area contributed by atoms with E-state index < -0.39 is 0 Å². The topological polar surface area (TPSA) is 22.1 Å². The Labute approximate surface area is 107 Å². The predicted octanol–water partition coefficient (Wildman–Crippen LogP) is 4.19. The Kier molecular flexibility index (Phi) is 3.00. The standard InChI is InChI=1S/C14H16ClNO/c1-14(2,3)12-8-16-13(17-4)11-7-9(15)5-6-10(11)12/h5-8H,1-4H3. The lowest BCUT2D eigenvalue weighted by Gasteiger charge is -2.21. The van der Waals surface area contributed by atoms with Gasteiger partial charge in [0.2, 0.25) is 5.88 Å². The van der Waals surface area contributed by atoms with Crippen LogP contribution in [0.1, 0.15) is 26.3 Å². The number of ether oxygens (including phenoxy) is 1. The van der Waals surface area contributed by atoms with Crippen LogP contribution in [0.25, 0.3) is 10.8 Å². The molecule has 0 radical (unpaired) electrons. The number of aromatic nitrogens is 1. The van der Waals surface area contributed by atoms with E-state index in [1.54, 1.807) is 7.11 Å². The molecular weight excluding hydrogens is 234 g/mol. The van der Waals surface area contributed by atoms with Gasteiger partial charge >= 0.3 is 0 Å². The second-order valence-corrected chi connectivity index (χ2v) is 5.56. The Hall–Kier alpha value is -1.28. The fourth-order valence-corrected chi connectivity index (χ4v) is 2.12. The third-order valence-electron chi connectivity index (χ3n) is 2.81. The fraction of sp³-hybridized carbons (Fsp3) is 0.357. The molecule has 0 fully saturated rings. The van der Waals surface area contributed by atoms with E-state index in [9.17, 15) is 0 Å². The third-order valence-corrected chi connectivity index (χ3v) is 3.05. The molecule has 0 spiro atoms. The van der Waals surface area contributed by atoms with E-state index in [4.69, 9.17) is 16.3 Å². The molecule has 0 aliphatic heterocycles. The highest BCUT2D eigenvalue weighted by Gasteiger charge is 2.19. The number of benzene rings is 1. The number of halogens is 1. The van der Waals surface area contributed by atoms with Gasteiger partial charge in [0.05, 0.1) is 7.11 Å². The number of hydrogen-bond donors (Lipinski definition) is 0. The zero-order valence-electron chi connectivity index (χ0n) is 10.5. The van der Waals surface area contributed by atoms with Gasteiger partial charge in [-0.1, -0.05) is 38.4 Å². The number of pyridine rings is 1. The summed E-state index contributed by atoms with van der Waals surface area (Å²) < 4.78 is 5.28. The summed E-state index contributed by atoms with van der Waals surface area (Å²) >= 11 is 6.03. The third kappa shape index (κ3) is 2.22. The maximum atomic E-state index is 6.03. The lowest BCUT2D eigenvalue weighted by Crippen LogP contribution is -2.12. The van der Waals surface area contributed by atoms with Crippen molar-refractivity contribution in [1.29, 1.82) is 0 Å². The summed E-state index contributed by atoms with van der Waals surface area (Å²) in [6.07, 6.45) is 1.88. The molecule has 90 valence electrons. The Balaban J connectivity index is 2.83. The van der Waals surface area contributed by atoms with Crippen molar-refractivity contribution >= 4 is 22.4 Å². The first-order valence-electron chi connectivity index (χ1n) is 5.56. The van der Waals surface area contributed by atoms with E-state index in [0.717, 1.165) is 10.8 Å². The minimum absolute atomic E-state index is 0.0470. The van der Waals surface area contributed by atoms with Gasteiger partial charge < -0.3 is 4.74 Å². The molecule has 1 heterocycles. The molecule has 1 aromatic carbocycles. The molecule has 2 rings (SSSR count). The average Bonchev–Trinajstić information content (AvgIpc) is 2.26. The van der Waals surface area contributed by atoms with Crippen molar-refractivity contribution in [3.05, 3.63) is 35.0 Å². The Bertz CT molecular complexity index is 558. The van der Waals surface area contributed by atoms with Crippen LogP contribution in [0.2, 0.25) is 5.02 Å². The number of nitrogens with zero attached hydrogens (tertiary/aromatic N) is 1. The summed E-state index contributed by atoms with van der Waals surface area (Å²) in [4.78, 5) is 4.35. The molecule has 3 heteroatoms. The van der Waals surface area contributed by atoms with E-state index in [1.807, 2.05) is 24.4 Å². The molecule has 0 aliphatic rings. The normalized spacial score (nSPS) is 11.8. The highest BCUT2D eigenvalue weighted by atomic mass is 35.5. The lowest BCUT2D eigenvalue weighted by molar-refractivity contribution is 0.402. The van der Waals surface area contributed by atoms with Crippen LogP contribution in [0, 0.1) is 0 Å². The largest absolute Gasteiger partial charge is 0.481 e. The zero-order valence-corrected chi connectivity index (χ0v) is 11.3. The van der Waals surface area contributed by atoms with Gasteiger partial charge in [-0.15, -0.1) is 0 Å². The van der Waals surface area contributed by atoms with Gasteiger partial charge in [-0.2, -0.15) is 0 Å². The maximum Gasteiger partial charge on any atom is 0.221 e. The van der Waals surface area contributed by atoms with Crippen LogP contribution in [-0.2, 0) is 5.41 Å². The smallest absolute Gasteiger partial charge is 0.221 e. The van der Waals surface area contributed by atoms with Crippen molar-refractivity contribution in [3.8, 4) is 5.88 Å². The van der Waals surface area contributed by atoms with Crippen molar-refractivity contribution in [3.63, 3.8) is 0 Å². The van der Waals surface area contributed by atoms with Gasteiger partial charge in [0.1, 0.15) is 0 Å². The summed E-state index contributed by atoms with van der Waals surface area (Å²) in [7, 11) is 1.62. The van der Waals surface area contributed by atoms with Gasteiger partial charge in [-0.05, 0) is 28.5 Å². The molecule has 0 bridgehead atoms. The van der Waals surface area contributed by atoms with Crippen LogP contribution >= 0.6 is 11.6 Å². The summed E-state index contributed by atoms with van der Waals surface area (Å²) in [6, 6.07) is 5.83. The number of fused-ring (bicyclic) bond motifs is 1. The molecule has 0 N–H and O–H groups in total. The molecule has 1 aromatic heterocycles. The van der Waals surface area contributed by atoms with E-state index in [1.165, 1.54) is 5.56 Å². The van der Waals surface area contributed by atoms with Gasteiger partial charge in [0.25, 0.3) is 0 Å². The highest BCUT2D eigenvalue weighted by Crippen LogP contribution is 2.34. The van der Waals surface area contributed by atoms with Crippen molar-refractivity contribution in [2.24, 2.45) is 0 Å². The Morgan fingerprint density at radius 1 is 1.18 bits per heavy atom. The molecule has 0 aliphatic carbocycles. The summed E-state index contributed by atoms with van der Waals surface area (Å²) in [5, 5.41) is 2.81. The first-order valence-corrected chi connectivity index (χ1v) is 5.94. The number of methoxy groups -OCH3 is 1. The Morgan fingerprint density at radius 2 is 1.88 bits per heavy atom. The SMILES string of the molecule is COc1ncc(C(C)(C)C)c2ccc(Cl)cc12. The van der Waals surface area contributed by atoms with Crippen LogP contribution in [0.5, 0.6) is 5.88 Å². The second kappa shape index (κ2) is 4.19. The highest BCUT2D eigenvalue weighted by molar-refractivity contribution is 6.31. The van der Waals surface area contributed by atoms with Gasteiger partial charge in [-0.25, -0.2) is 4.98 Å². The van der Waals surface area contributed by atoms with Gasteiger partial charge in [-0.3, -0.25) is 0 Å². The van der Waals surface area contributed by atoms with Crippen molar-refractivity contribution in [2.75, 3.05) is 7.11 Å². The molecule has 0 atom stereocenters. The predicted molar refractivity (Wildman–Crippen MR) is 72.0 cm³/mol. The molecular formula is C14H16ClNO. The maximum absolute atomic E-state index is 6.03. The molecule has 2 aromatic rings. The molecule has 0 amide bonds.